The minimum absolute atomic E-state index is 0.0745. The number of nitrogens with zero attached hydrogens (tertiary/aromatic N) is 4. The van der Waals surface area contributed by atoms with E-state index < -0.39 is 11.7 Å². The highest BCUT2D eigenvalue weighted by atomic mass is 19.4. The maximum Gasteiger partial charge on any atom is 0.416 e. The molecule has 0 aliphatic carbocycles. The van der Waals surface area contributed by atoms with Gasteiger partial charge in [0.1, 0.15) is 18.2 Å². The van der Waals surface area contributed by atoms with Gasteiger partial charge in [-0.15, -0.1) is 5.10 Å². The van der Waals surface area contributed by atoms with Crippen molar-refractivity contribution in [2.24, 2.45) is 0 Å². The summed E-state index contributed by atoms with van der Waals surface area (Å²) in [6.07, 6.45) is -2.78. The predicted molar refractivity (Wildman–Crippen MR) is 108 cm³/mol. The summed E-state index contributed by atoms with van der Waals surface area (Å²) in [6, 6.07) is 9.85. The van der Waals surface area contributed by atoms with Gasteiger partial charge in [0.2, 0.25) is 11.8 Å². The van der Waals surface area contributed by atoms with Crippen LogP contribution in [0.4, 0.5) is 30.8 Å². The summed E-state index contributed by atoms with van der Waals surface area (Å²) < 4.78 is 48.5. The van der Waals surface area contributed by atoms with Gasteiger partial charge in [-0.05, 0) is 30.7 Å². The molecule has 0 atom stereocenters. The van der Waals surface area contributed by atoms with Crippen LogP contribution in [-0.2, 0) is 19.3 Å². The van der Waals surface area contributed by atoms with Gasteiger partial charge >= 0.3 is 6.18 Å². The number of ether oxygens (including phenoxy) is 1. The number of halogens is 3. The number of aromatic amines is 1. The normalized spacial score (nSPS) is 11.4. The number of benzene rings is 1. The molecule has 0 saturated heterocycles. The van der Waals surface area contributed by atoms with E-state index in [0.717, 1.165) is 17.8 Å². The monoisotopic (exact) mass is 445 g/mol. The Kier molecular flexibility index (Phi) is 5.92. The van der Waals surface area contributed by atoms with Crippen molar-refractivity contribution < 1.29 is 22.4 Å². The fourth-order valence-corrected chi connectivity index (χ4v) is 2.71. The van der Waals surface area contributed by atoms with Gasteiger partial charge in [0, 0.05) is 18.3 Å². The number of aryl methyl sites for hydroxylation is 1. The lowest BCUT2D eigenvalue weighted by Gasteiger charge is -2.07. The molecule has 3 heterocycles. The summed E-state index contributed by atoms with van der Waals surface area (Å²) in [5, 5.41) is 16.7. The second-order valence-electron chi connectivity index (χ2n) is 6.78. The fraction of sp³-hybridized carbons (Fsp3) is 0.200. The number of hydrogen-bond donors (Lipinski definition) is 3. The van der Waals surface area contributed by atoms with E-state index in [1.807, 2.05) is 13.0 Å². The molecule has 4 rings (SSSR count). The van der Waals surface area contributed by atoms with Crippen molar-refractivity contribution >= 4 is 17.6 Å². The number of H-pyrrole nitrogens is 1. The van der Waals surface area contributed by atoms with E-state index in [2.05, 4.69) is 36.0 Å². The van der Waals surface area contributed by atoms with Crippen molar-refractivity contribution in [2.75, 3.05) is 10.6 Å². The summed E-state index contributed by atoms with van der Waals surface area (Å²) in [6.45, 7) is 2.29. The quantitative estimate of drug-likeness (QED) is 0.365. The lowest BCUT2D eigenvalue weighted by molar-refractivity contribution is -0.137. The lowest BCUT2D eigenvalue weighted by Crippen LogP contribution is -2.05. The summed E-state index contributed by atoms with van der Waals surface area (Å²) in [5.41, 5.74) is 0.667. The first-order valence-corrected chi connectivity index (χ1v) is 9.46. The van der Waals surface area contributed by atoms with Gasteiger partial charge in [-0.25, -0.2) is 4.98 Å². The third-order valence-electron chi connectivity index (χ3n) is 4.24. The molecule has 3 aromatic heterocycles. The van der Waals surface area contributed by atoms with Crippen LogP contribution in [0.25, 0.3) is 0 Å². The molecular weight excluding hydrogens is 427 g/mol. The summed E-state index contributed by atoms with van der Waals surface area (Å²) in [4.78, 5) is 8.49. The van der Waals surface area contributed by atoms with E-state index in [9.17, 15) is 13.2 Å². The number of hydrogen-bond acceptors (Lipinski definition) is 8. The largest absolute Gasteiger partial charge is 0.472 e. The van der Waals surface area contributed by atoms with Crippen molar-refractivity contribution in [1.29, 1.82) is 0 Å². The van der Waals surface area contributed by atoms with E-state index in [-0.39, 0.29) is 12.5 Å². The average molecular weight is 445 g/mol. The second-order valence-corrected chi connectivity index (χ2v) is 6.78. The molecule has 0 bridgehead atoms. The minimum atomic E-state index is -4.37. The summed E-state index contributed by atoms with van der Waals surface area (Å²) >= 11 is 0. The zero-order valence-electron chi connectivity index (χ0n) is 16.8. The van der Waals surface area contributed by atoms with Crippen LogP contribution in [0.1, 0.15) is 22.6 Å². The number of anilines is 3. The number of nitrogens with one attached hydrogen (secondary N) is 3. The third kappa shape index (κ3) is 5.53. The van der Waals surface area contributed by atoms with E-state index in [1.54, 1.807) is 18.3 Å². The van der Waals surface area contributed by atoms with E-state index >= 15 is 0 Å². The highest BCUT2D eigenvalue weighted by Crippen LogP contribution is 2.29. The molecule has 0 spiro atoms. The van der Waals surface area contributed by atoms with Crippen LogP contribution in [-0.4, -0.2) is 25.3 Å². The first-order valence-electron chi connectivity index (χ1n) is 9.46. The predicted octanol–water partition coefficient (Wildman–Crippen LogP) is 4.45. The number of alkyl halides is 3. The van der Waals surface area contributed by atoms with Crippen LogP contribution in [0, 0.1) is 6.92 Å². The van der Waals surface area contributed by atoms with Crippen LogP contribution >= 0.6 is 0 Å². The SMILES string of the molecule is Cc1cc(CNc2nccc(Nc3cc(OCc4ccc(C(F)(F)F)cc4)n[nH]3)n2)on1. The van der Waals surface area contributed by atoms with Crippen LogP contribution < -0.4 is 15.4 Å². The molecule has 12 heteroatoms. The van der Waals surface area contributed by atoms with Crippen LogP contribution in [0.2, 0.25) is 0 Å². The Hall–Kier alpha value is -4.09. The third-order valence-corrected chi connectivity index (χ3v) is 4.24. The van der Waals surface area contributed by atoms with Gasteiger partial charge in [0.25, 0.3) is 0 Å². The summed E-state index contributed by atoms with van der Waals surface area (Å²) in [7, 11) is 0. The standard InChI is InChI=1S/C20H18F3N7O2/c1-12-8-15(32-30-12)10-25-19-24-7-6-16(27-19)26-17-9-18(29-28-17)31-11-13-2-4-14(5-3-13)20(21,22)23/h2-9H,10-11H2,1H3,(H3,24,25,26,27,28,29). The molecule has 4 aromatic rings. The molecule has 0 radical (unpaired) electrons. The van der Waals surface area contributed by atoms with Gasteiger partial charge in [-0.2, -0.15) is 18.2 Å². The van der Waals surface area contributed by atoms with E-state index in [4.69, 9.17) is 9.26 Å². The molecule has 0 aliphatic rings. The van der Waals surface area contributed by atoms with E-state index in [0.29, 0.717) is 35.5 Å². The molecule has 0 aliphatic heterocycles. The molecule has 166 valence electrons. The van der Waals surface area contributed by atoms with Crippen molar-refractivity contribution in [1.82, 2.24) is 25.3 Å². The highest BCUT2D eigenvalue weighted by molar-refractivity contribution is 5.53. The van der Waals surface area contributed by atoms with Crippen LogP contribution in [0.3, 0.4) is 0 Å². The van der Waals surface area contributed by atoms with Crippen molar-refractivity contribution in [2.45, 2.75) is 26.3 Å². The molecule has 3 N–H and O–H groups in total. The first-order chi connectivity index (χ1) is 15.3. The first kappa shape index (κ1) is 21.2. The van der Waals surface area contributed by atoms with Gasteiger partial charge in [0.05, 0.1) is 17.8 Å². The Bertz CT molecular complexity index is 1170. The molecule has 1 aromatic carbocycles. The zero-order valence-corrected chi connectivity index (χ0v) is 16.8. The average Bonchev–Trinajstić information content (AvgIpc) is 3.39. The van der Waals surface area contributed by atoms with Gasteiger partial charge in [-0.1, -0.05) is 17.3 Å². The lowest BCUT2D eigenvalue weighted by atomic mass is 10.1. The maximum atomic E-state index is 12.6. The zero-order chi connectivity index (χ0) is 22.6. The summed E-state index contributed by atoms with van der Waals surface area (Å²) in [5.74, 6) is 2.35. The molecule has 0 saturated carbocycles. The van der Waals surface area contributed by atoms with Crippen molar-refractivity contribution in [3.05, 3.63) is 71.2 Å². The second kappa shape index (κ2) is 8.96. The van der Waals surface area contributed by atoms with Gasteiger partial charge in [-0.3, -0.25) is 5.10 Å². The topological polar surface area (TPSA) is 114 Å². The minimum Gasteiger partial charge on any atom is -0.472 e. The van der Waals surface area contributed by atoms with Gasteiger partial charge < -0.3 is 19.9 Å². The molecule has 0 amide bonds. The maximum absolute atomic E-state index is 12.6. The van der Waals surface area contributed by atoms with Crippen LogP contribution in [0.5, 0.6) is 5.88 Å². The Labute approximate surface area is 180 Å². The smallest absolute Gasteiger partial charge is 0.416 e. The number of rotatable bonds is 8. The van der Waals surface area contributed by atoms with E-state index in [1.165, 1.54) is 12.1 Å². The molecule has 9 nitrogen and oxygen atoms in total. The Morgan fingerprint density at radius 2 is 1.94 bits per heavy atom. The Morgan fingerprint density at radius 1 is 1.12 bits per heavy atom. The molecular formula is C20H18F3N7O2. The van der Waals surface area contributed by atoms with Crippen molar-refractivity contribution in [3.63, 3.8) is 0 Å². The Balaban J connectivity index is 1.31. The van der Waals surface area contributed by atoms with Crippen LogP contribution in [0.15, 0.2) is 53.2 Å². The molecule has 32 heavy (non-hydrogen) atoms. The van der Waals surface area contributed by atoms with Crippen molar-refractivity contribution in [3.8, 4) is 5.88 Å². The Morgan fingerprint density at radius 3 is 2.66 bits per heavy atom. The highest BCUT2D eigenvalue weighted by Gasteiger charge is 2.29. The number of aromatic nitrogens is 5. The molecule has 0 unspecified atom stereocenters. The molecule has 0 fully saturated rings. The van der Waals surface area contributed by atoms with Gasteiger partial charge in [0.15, 0.2) is 5.76 Å². The fourth-order valence-electron chi connectivity index (χ4n) is 2.71.